The summed E-state index contributed by atoms with van der Waals surface area (Å²) >= 11 is 0. The number of aromatic nitrogens is 2. The molecule has 0 aliphatic carbocycles. The lowest BCUT2D eigenvalue weighted by Crippen LogP contribution is -2.39. The van der Waals surface area contributed by atoms with Crippen molar-refractivity contribution in [3.05, 3.63) is 60.9 Å². The first-order chi connectivity index (χ1) is 13.5. The van der Waals surface area contributed by atoms with Gasteiger partial charge >= 0.3 is 0 Å². The number of piperidine rings is 1. The largest absolute Gasteiger partial charge is 0.371 e. The molecule has 4 rings (SSSR count). The van der Waals surface area contributed by atoms with Crippen LogP contribution in [0.4, 0.5) is 5.69 Å². The molecule has 0 bridgehead atoms. The van der Waals surface area contributed by atoms with E-state index in [2.05, 4.69) is 14.9 Å². The first-order valence-electron chi connectivity index (χ1n) is 9.51. The lowest BCUT2D eigenvalue weighted by atomic mass is 9.96. The van der Waals surface area contributed by atoms with Crippen LogP contribution in [0.25, 0.3) is 10.9 Å². The lowest BCUT2D eigenvalue weighted by Gasteiger charge is -2.34. The maximum absolute atomic E-state index is 13.0. The van der Waals surface area contributed by atoms with Crippen LogP contribution in [0.2, 0.25) is 0 Å². The molecule has 0 atom stereocenters. The summed E-state index contributed by atoms with van der Waals surface area (Å²) in [6.45, 7) is 2.37. The third-order valence-corrected chi connectivity index (χ3v) is 7.13. The van der Waals surface area contributed by atoms with Gasteiger partial charge in [0.25, 0.3) is 10.0 Å². The zero-order chi connectivity index (χ0) is 19.6. The third kappa shape index (κ3) is 3.86. The highest BCUT2D eigenvalue weighted by atomic mass is 32.2. The van der Waals surface area contributed by atoms with Crippen LogP contribution in [0, 0.1) is 5.92 Å². The van der Waals surface area contributed by atoms with Gasteiger partial charge in [-0.05, 0) is 49.1 Å². The quantitative estimate of drug-likeness (QED) is 0.663. The molecule has 0 amide bonds. The van der Waals surface area contributed by atoms with E-state index in [0.29, 0.717) is 18.0 Å². The predicted molar refractivity (Wildman–Crippen MR) is 111 cm³/mol. The summed E-state index contributed by atoms with van der Waals surface area (Å²) in [7, 11) is -1.94. The van der Waals surface area contributed by atoms with E-state index in [1.165, 1.54) is 9.99 Å². The fourth-order valence-corrected chi connectivity index (χ4v) is 4.92. The van der Waals surface area contributed by atoms with Crippen molar-refractivity contribution in [1.29, 1.82) is 0 Å². The molecule has 146 valence electrons. The Kier molecular flexibility index (Phi) is 5.28. The van der Waals surface area contributed by atoms with Crippen molar-refractivity contribution < 1.29 is 8.42 Å². The zero-order valence-electron chi connectivity index (χ0n) is 15.9. The highest BCUT2D eigenvalue weighted by Crippen LogP contribution is 2.25. The molecule has 0 spiro atoms. The van der Waals surface area contributed by atoms with Crippen molar-refractivity contribution in [3.8, 4) is 0 Å². The molecule has 2 aromatic heterocycles. The number of rotatable bonds is 5. The average Bonchev–Trinajstić information content (AvgIpc) is 2.74. The molecule has 3 aromatic rings. The standard InChI is InChI=1S/C21H24N4O2S/c1-24(16-17-10-14-25(15-11-17)19-8-12-22-13-9-19)28(26,27)21-7-6-18-4-2-3-5-20(18)23-21/h2-9,12-13,17H,10-11,14-16H2,1H3. The van der Waals surface area contributed by atoms with E-state index < -0.39 is 10.0 Å². The van der Waals surface area contributed by atoms with Gasteiger partial charge in [-0.1, -0.05) is 18.2 Å². The second kappa shape index (κ2) is 7.85. The zero-order valence-corrected chi connectivity index (χ0v) is 16.7. The fraction of sp³-hybridized carbons (Fsp3) is 0.333. The number of benzene rings is 1. The molecule has 28 heavy (non-hydrogen) atoms. The first kappa shape index (κ1) is 18.8. The molecular weight excluding hydrogens is 372 g/mol. The Morgan fingerprint density at radius 1 is 1.04 bits per heavy atom. The Labute approximate surface area is 165 Å². The summed E-state index contributed by atoms with van der Waals surface area (Å²) in [5.41, 5.74) is 1.87. The SMILES string of the molecule is CN(CC1CCN(c2ccncc2)CC1)S(=O)(=O)c1ccc2ccccc2n1. The van der Waals surface area contributed by atoms with Crippen molar-refractivity contribution in [3.63, 3.8) is 0 Å². The van der Waals surface area contributed by atoms with Crippen molar-refractivity contribution in [2.24, 2.45) is 5.92 Å². The number of pyridine rings is 2. The fourth-order valence-electron chi connectivity index (χ4n) is 3.74. The van der Waals surface area contributed by atoms with Gasteiger partial charge in [0.2, 0.25) is 0 Å². The number of nitrogens with zero attached hydrogens (tertiary/aromatic N) is 4. The number of para-hydroxylation sites is 1. The number of hydrogen-bond donors (Lipinski definition) is 0. The predicted octanol–water partition coefficient (Wildman–Crippen LogP) is 3.17. The topological polar surface area (TPSA) is 66.4 Å². The van der Waals surface area contributed by atoms with E-state index in [9.17, 15) is 8.42 Å². The van der Waals surface area contributed by atoms with Crippen LogP contribution < -0.4 is 4.90 Å². The van der Waals surface area contributed by atoms with E-state index in [0.717, 1.165) is 31.3 Å². The lowest BCUT2D eigenvalue weighted by molar-refractivity contribution is 0.327. The third-order valence-electron chi connectivity index (χ3n) is 5.41. The minimum absolute atomic E-state index is 0.114. The average molecular weight is 397 g/mol. The van der Waals surface area contributed by atoms with Crippen molar-refractivity contribution >= 4 is 26.6 Å². The van der Waals surface area contributed by atoms with Gasteiger partial charge in [0.1, 0.15) is 0 Å². The number of hydrogen-bond acceptors (Lipinski definition) is 5. The van der Waals surface area contributed by atoms with Crippen LogP contribution >= 0.6 is 0 Å². The van der Waals surface area contributed by atoms with Crippen LogP contribution in [-0.2, 0) is 10.0 Å². The van der Waals surface area contributed by atoms with Crippen molar-refractivity contribution in [2.45, 2.75) is 17.9 Å². The van der Waals surface area contributed by atoms with E-state index in [1.54, 1.807) is 25.5 Å². The minimum atomic E-state index is -3.60. The molecule has 1 aliphatic heterocycles. The Balaban J connectivity index is 1.42. The Hall–Kier alpha value is -2.51. The highest BCUT2D eigenvalue weighted by molar-refractivity contribution is 7.89. The second-order valence-corrected chi connectivity index (χ2v) is 9.26. The van der Waals surface area contributed by atoms with Crippen molar-refractivity contribution in [2.75, 3.05) is 31.6 Å². The number of anilines is 1. The van der Waals surface area contributed by atoms with E-state index in [4.69, 9.17) is 0 Å². The molecule has 0 saturated carbocycles. The van der Waals surface area contributed by atoms with Crippen LogP contribution in [0.5, 0.6) is 0 Å². The molecule has 1 aromatic carbocycles. The van der Waals surface area contributed by atoms with Gasteiger partial charge in [0, 0.05) is 50.1 Å². The van der Waals surface area contributed by atoms with Crippen molar-refractivity contribution in [1.82, 2.24) is 14.3 Å². The molecule has 7 heteroatoms. The number of fused-ring (bicyclic) bond motifs is 1. The van der Waals surface area contributed by atoms with Gasteiger partial charge in [-0.25, -0.2) is 13.4 Å². The van der Waals surface area contributed by atoms with E-state index >= 15 is 0 Å². The molecule has 0 N–H and O–H groups in total. The molecular formula is C21H24N4O2S. The molecule has 0 radical (unpaired) electrons. The van der Waals surface area contributed by atoms with Gasteiger partial charge in [0.05, 0.1) is 5.52 Å². The maximum Gasteiger partial charge on any atom is 0.260 e. The Bertz CT molecular complexity index is 1050. The van der Waals surface area contributed by atoms with Gasteiger partial charge in [-0.15, -0.1) is 0 Å². The minimum Gasteiger partial charge on any atom is -0.371 e. The van der Waals surface area contributed by atoms with Gasteiger partial charge in [-0.2, -0.15) is 4.31 Å². The number of sulfonamides is 1. The van der Waals surface area contributed by atoms with Gasteiger partial charge < -0.3 is 4.90 Å². The summed E-state index contributed by atoms with van der Waals surface area (Å²) in [4.78, 5) is 10.8. The van der Waals surface area contributed by atoms with Crippen LogP contribution in [0.3, 0.4) is 0 Å². The van der Waals surface area contributed by atoms with Gasteiger partial charge in [-0.3, -0.25) is 4.98 Å². The van der Waals surface area contributed by atoms with Gasteiger partial charge in [0.15, 0.2) is 5.03 Å². The monoisotopic (exact) mass is 396 g/mol. The molecule has 0 unspecified atom stereocenters. The highest BCUT2D eigenvalue weighted by Gasteiger charge is 2.27. The Morgan fingerprint density at radius 2 is 1.75 bits per heavy atom. The summed E-state index contributed by atoms with van der Waals surface area (Å²) in [5.74, 6) is 0.346. The Morgan fingerprint density at radius 3 is 2.50 bits per heavy atom. The van der Waals surface area contributed by atoms with E-state index in [-0.39, 0.29) is 5.03 Å². The molecule has 1 saturated heterocycles. The molecule has 3 heterocycles. The molecule has 6 nitrogen and oxygen atoms in total. The normalized spacial score (nSPS) is 16.0. The first-order valence-corrected chi connectivity index (χ1v) is 11.0. The van der Waals surface area contributed by atoms with E-state index in [1.807, 2.05) is 42.5 Å². The summed E-state index contributed by atoms with van der Waals surface area (Å²) in [6.07, 6.45) is 5.54. The summed E-state index contributed by atoms with van der Waals surface area (Å²) < 4.78 is 27.4. The smallest absolute Gasteiger partial charge is 0.260 e. The van der Waals surface area contributed by atoms with Crippen LogP contribution in [-0.4, -0.2) is 49.4 Å². The molecule has 1 fully saturated rings. The summed E-state index contributed by atoms with van der Waals surface area (Å²) in [5, 5.41) is 1.05. The second-order valence-electron chi connectivity index (χ2n) is 7.26. The van der Waals surface area contributed by atoms with Crippen LogP contribution in [0.15, 0.2) is 66.0 Å². The maximum atomic E-state index is 13.0. The molecule has 1 aliphatic rings. The van der Waals surface area contributed by atoms with Crippen LogP contribution in [0.1, 0.15) is 12.8 Å². The summed E-state index contributed by atoms with van der Waals surface area (Å²) in [6, 6.07) is 15.0.